The monoisotopic (exact) mass is 297 g/mol. The van der Waals surface area contributed by atoms with Crippen molar-refractivity contribution in [3.05, 3.63) is 15.8 Å². The molecule has 0 radical (unpaired) electrons. The predicted octanol–water partition coefficient (Wildman–Crippen LogP) is 1.99. The lowest BCUT2D eigenvalue weighted by Crippen LogP contribution is -2.25. The van der Waals surface area contributed by atoms with Crippen LogP contribution in [0.3, 0.4) is 0 Å². The highest BCUT2D eigenvalue weighted by molar-refractivity contribution is 5.62. The van der Waals surface area contributed by atoms with Crippen LogP contribution in [-0.4, -0.2) is 48.2 Å². The molecule has 0 amide bonds. The minimum Gasteiger partial charge on any atom is -0.380 e. The van der Waals surface area contributed by atoms with E-state index in [2.05, 4.69) is 15.3 Å². The van der Waals surface area contributed by atoms with Gasteiger partial charge in [-0.3, -0.25) is 10.1 Å². The Bertz CT molecular complexity index is 481. The Morgan fingerprint density at radius 2 is 2.10 bits per heavy atom. The maximum Gasteiger partial charge on any atom is 0.332 e. The maximum absolute atomic E-state index is 11.2. The molecule has 0 aliphatic carbocycles. The molecule has 1 heterocycles. The third kappa shape index (κ3) is 4.82. The summed E-state index contributed by atoms with van der Waals surface area (Å²) >= 11 is 0. The van der Waals surface area contributed by atoms with Crippen molar-refractivity contribution in [3.8, 4) is 0 Å². The molecule has 0 aliphatic rings. The number of hydrogen-bond donors (Lipinski definition) is 1. The molecule has 8 heteroatoms. The Labute approximate surface area is 124 Å². The first-order chi connectivity index (χ1) is 10.0. The molecular formula is C13H23N5O3. The summed E-state index contributed by atoms with van der Waals surface area (Å²) in [6.45, 7) is 7.91. The van der Waals surface area contributed by atoms with Crippen LogP contribution >= 0.6 is 0 Å². The Morgan fingerprint density at radius 1 is 1.38 bits per heavy atom. The molecule has 1 aromatic rings. The summed E-state index contributed by atoms with van der Waals surface area (Å²) in [5.74, 6) is 0.726. The summed E-state index contributed by atoms with van der Waals surface area (Å²) in [5, 5.41) is 14.3. The second kappa shape index (κ2) is 8.35. The van der Waals surface area contributed by atoms with Gasteiger partial charge < -0.3 is 15.0 Å². The highest BCUT2D eigenvalue weighted by Gasteiger charge is 2.24. The number of nitrogens with zero attached hydrogens (tertiary/aromatic N) is 4. The molecule has 1 N–H and O–H groups in total. The zero-order valence-corrected chi connectivity index (χ0v) is 13.0. The number of nitro groups is 1. The minimum absolute atomic E-state index is 0.0592. The highest BCUT2D eigenvalue weighted by Crippen LogP contribution is 2.28. The lowest BCUT2D eigenvalue weighted by atomic mass is 10.3. The third-order valence-corrected chi connectivity index (χ3v) is 2.89. The summed E-state index contributed by atoms with van der Waals surface area (Å²) in [5.41, 5.74) is 0.294. The lowest BCUT2D eigenvalue weighted by molar-refractivity contribution is -0.385. The molecule has 0 spiro atoms. The van der Waals surface area contributed by atoms with Gasteiger partial charge in [0.25, 0.3) is 0 Å². The van der Waals surface area contributed by atoms with Gasteiger partial charge in [0, 0.05) is 26.7 Å². The van der Waals surface area contributed by atoms with Crippen LogP contribution in [0.2, 0.25) is 0 Å². The van der Waals surface area contributed by atoms with Crippen LogP contribution in [-0.2, 0) is 4.74 Å². The van der Waals surface area contributed by atoms with E-state index >= 15 is 0 Å². The smallest absolute Gasteiger partial charge is 0.332 e. The van der Waals surface area contributed by atoms with Gasteiger partial charge in [0.05, 0.1) is 11.5 Å². The number of anilines is 2. The van der Waals surface area contributed by atoms with E-state index in [0.717, 1.165) is 13.0 Å². The molecule has 0 fully saturated rings. The Kier molecular flexibility index (Phi) is 6.80. The van der Waals surface area contributed by atoms with Gasteiger partial charge in [0.1, 0.15) is 5.69 Å². The van der Waals surface area contributed by atoms with Crippen molar-refractivity contribution >= 4 is 17.5 Å². The minimum atomic E-state index is -0.439. The van der Waals surface area contributed by atoms with Gasteiger partial charge in [-0.1, -0.05) is 6.92 Å². The van der Waals surface area contributed by atoms with E-state index in [9.17, 15) is 10.1 Å². The quantitative estimate of drug-likeness (QED) is 0.423. The van der Waals surface area contributed by atoms with Crippen molar-refractivity contribution in [2.75, 3.05) is 43.6 Å². The van der Waals surface area contributed by atoms with E-state index in [1.54, 1.807) is 18.9 Å². The molecule has 118 valence electrons. The van der Waals surface area contributed by atoms with E-state index in [1.165, 1.54) is 0 Å². The van der Waals surface area contributed by atoms with Crippen LogP contribution in [0, 0.1) is 17.0 Å². The second-order valence-electron chi connectivity index (χ2n) is 4.61. The number of likely N-dealkylation sites (N-methyl/N-ethyl adjacent to an activating group) is 1. The number of hydrogen-bond acceptors (Lipinski definition) is 7. The largest absolute Gasteiger partial charge is 0.380 e. The zero-order chi connectivity index (χ0) is 15.8. The standard InChI is InChI=1S/C13H23N5O3/c1-5-7-14-13-15-10(3)11(18(19)20)12(16-13)17(4)8-9-21-6-2/h5-9H2,1-4H3,(H,14,15,16). The normalized spacial score (nSPS) is 10.5. The SMILES string of the molecule is CCCNc1nc(C)c([N+](=O)[O-])c(N(C)CCOCC)n1. The maximum atomic E-state index is 11.2. The molecule has 0 atom stereocenters. The van der Waals surface area contributed by atoms with Gasteiger partial charge in [0.15, 0.2) is 0 Å². The molecule has 1 rings (SSSR count). The van der Waals surface area contributed by atoms with Crippen LogP contribution in [0.15, 0.2) is 0 Å². The fraction of sp³-hybridized carbons (Fsp3) is 0.692. The molecule has 8 nitrogen and oxygen atoms in total. The summed E-state index contributed by atoms with van der Waals surface area (Å²) in [6, 6.07) is 0. The number of rotatable bonds is 9. The highest BCUT2D eigenvalue weighted by atomic mass is 16.6. The van der Waals surface area contributed by atoms with Crippen molar-refractivity contribution in [1.82, 2.24) is 9.97 Å². The van der Waals surface area contributed by atoms with Crippen molar-refractivity contribution in [2.24, 2.45) is 0 Å². The van der Waals surface area contributed by atoms with Crippen molar-refractivity contribution in [1.29, 1.82) is 0 Å². The van der Waals surface area contributed by atoms with Crippen LogP contribution < -0.4 is 10.2 Å². The molecular weight excluding hydrogens is 274 g/mol. The number of aromatic nitrogens is 2. The molecule has 0 unspecified atom stereocenters. The van der Waals surface area contributed by atoms with Gasteiger partial charge >= 0.3 is 5.69 Å². The molecule has 0 saturated heterocycles. The van der Waals surface area contributed by atoms with Gasteiger partial charge in [0.2, 0.25) is 11.8 Å². The summed E-state index contributed by atoms with van der Waals surface area (Å²) in [7, 11) is 1.76. The van der Waals surface area contributed by atoms with Gasteiger partial charge in [-0.2, -0.15) is 4.98 Å². The van der Waals surface area contributed by atoms with Crippen LogP contribution in [0.5, 0.6) is 0 Å². The van der Waals surface area contributed by atoms with Gasteiger partial charge in [-0.25, -0.2) is 4.98 Å². The topological polar surface area (TPSA) is 93.4 Å². The number of ether oxygens (including phenoxy) is 1. The molecule has 0 aliphatic heterocycles. The molecule has 0 aromatic carbocycles. The second-order valence-corrected chi connectivity index (χ2v) is 4.61. The van der Waals surface area contributed by atoms with Crippen LogP contribution in [0.1, 0.15) is 26.0 Å². The van der Waals surface area contributed by atoms with Crippen molar-refractivity contribution in [3.63, 3.8) is 0 Å². The third-order valence-electron chi connectivity index (χ3n) is 2.89. The molecule has 0 saturated carbocycles. The van der Waals surface area contributed by atoms with E-state index in [0.29, 0.717) is 37.2 Å². The van der Waals surface area contributed by atoms with E-state index in [4.69, 9.17) is 4.74 Å². The Balaban J connectivity index is 3.05. The summed E-state index contributed by atoms with van der Waals surface area (Å²) in [6.07, 6.45) is 0.926. The first-order valence-electron chi connectivity index (χ1n) is 7.07. The van der Waals surface area contributed by atoms with Gasteiger partial charge in [-0.05, 0) is 20.3 Å². The van der Waals surface area contributed by atoms with Crippen LogP contribution in [0.25, 0.3) is 0 Å². The van der Waals surface area contributed by atoms with Crippen molar-refractivity contribution in [2.45, 2.75) is 27.2 Å². The number of aryl methyl sites for hydroxylation is 1. The fourth-order valence-corrected chi connectivity index (χ4v) is 1.80. The lowest BCUT2D eigenvalue weighted by Gasteiger charge is -2.19. The van der Waals surface area contributed by atoms with E-state index < -0.39 is 4.92 Å². The average molecular weight is 297 g/mol. The first-order valence-corrected chi connectivity index (χ1v) is 7.07. The molecule has 1 aromatic heterocycles. The van der Waals surface area contributed by atoms with E-state index in [1.807, 2.05) is 13.8 Å². The molecule has 21 heavy (non-hydrogen) atoms. The van der Waals surface area contributed by atoms with Crippen molar-refractivity contribution < 1.29 is 9.66 Å². The first kappa shape index (κ1) is 17.1. The van der Waals surface area contributed by atoms with Gasteiger partial charge in [-0.15, -0.1) is 0 Å². The van der Waals surface area contributed by atoms with Crippen LogP contribution in [0.4, 0.5) is 17.5 Å². The predicted molar refractivity (Wildman–Crippen MR) is 82.0 cm³/mol. The molecule has 0 bridgehead atoms. The van der Waals surface area contributed by atoms with E-state index in [-0.39, 0.29) is 5.69 Å². The Hall–Kier alpha value is -1.96. The average Bonchev–Trinajstić information content (AvgIpc) is 2.44. The zero-order valence-electron chi connectivity index (χ0n) is 13.0. The summed E-state index contributed by atoms with van der Waals surface area (Å²) in [4.78, 5) is 21.0. The fourth-order valence-electron chi connectivity index (χ4n) is 1.80. The summed E-state index contributed by atoms with van der Waals surface area (Å²) < 4.78 is 5.28. The Morgan fingerprint density at radius 3 is 2.67 bits per heavy atom. The number of nitrogens with one attached hydrogen (secondary N) is 1.